The first-order valence-electron chi connectivity index (χ1n) is 15.2. The number of carbonyl (C=O) groups is 4. The summed E-state index contributed by atoms with van der Waals surface area (Å²) < 4.78 is 5.57. The number of hydrogen-bond acceptors (Lipinski definition) is 5. The van der Waals surface area contributed by atoms with Gasteiger partial charge in [0.2, 0.25) is 5.91 Å². The van der Waals surface area contributed by atoms with Crippen LogP contribution in [0.5, 0.6) is 0 Å². The molecule has 0 bridgehead atoms. The number of ether oxygens (including phenoxy) is 1. The van der Waals surface area contributed by atoms with E-state index in [4.69, 9.17) is 4.74 Å². The summed E-state index contributed by atoms with van der Waals surface area (Å²) in [7, 11) is 0. The lowest BCUT2D eigenvalue weighted by molar-refractivity contribution is -0.160. The fourth-order valence-electron chi connectivity index (χ4n) is 6.48. The van der Waals surface area contributed by atoms with Crippen LogP contribution in [-0.4, -0.2) is 82.0 Å². The topological polar surface area (TPSA) is 111 Å². The zero-order valence-electron chi connectivity index (χ0n) is 24.9. The molecule has 0 aromatic heterocycles. The van der Waals surface area contributed by atoms with Crippen molar-refractivity contribution in [2.75, 3.05) is 25.0 Å². The second kappa shape index (κ2) is 12.6. The van der Waals surface area contributed by atoms with Crippen molar-refractivity contribution in [2.24, 2.45) is 5.92 Å². The first-order valence-corrected chi connectivity index (χ1v) is 15.2. The van der Waals surface area contributed by atoms with Gasteiger partial charge in [0.15, 0.2) is 0 Å². The van der Waals surface area contributed by atoms with Crippen LogP contribution >= 0.6 is 0 Å². The number of amides is 5. The van der Waals surface area contributed by atoms with Crippen molar-refractivity contribution in [1.82, 2.24) is 20.0 Å². The summed E-state index contributed by atoms with van der Waals surface area (Å²) in [6, 6.07) is 6.59. The van der Waals surface area contributed by atoms with Crippen LogP contribution in [0.15, 0.2) is 48.6 Å². The number of nitrogens with one attached hydrogen (secondary N) is 2. The molecule has 42 heavy (non-hydrogen) atoms. The summed E-state index contributed by atoms with van der Waals surface area (Å²) in [4.78, 5) is 58.1. The lowest BCUT2D eigenvalue weighted by atomic mass is 9.89. The van der Waals surface area contributed by atoms with Crippen LogP contribution in [0.3, 0.4) is 0 Å². The fraction of sp³-hybridized carbons (Fsp3) is 0.562. The summed E-state index contributed by atoms with van der Waals surface area (Å²) in [6.07, 6.45) is 12.3. The molecule has 10 heteroatoms. The van der Waals surface area contributed by atoms with Gasteiger partial charge in [-0.2, -0.15) is 0 Å². The molecule has 3 atom stereocenters. The molecule has 2 fully saturated rings. The highest BCUT2D eigenvalue weighted by molar-refractivity contribution is 5.92. The number of nitrogens with zero attached hydrogens (tertiary/aromatic N) is 3. The van der Waals surface area contributed by atoms with Crippen molar-refractivity contribution in [3.05, 3.63) is 54.1 Å². The van der Waals surface area contributed by atoms with Gasteiger partial charge in [0.05, 0.1) is 0 Å². The molecular formula is C32H43N5O5. The van der Waals surface area contributed by atoms with E-state index < -0.39 is 17.6 Å². The van der Waals surface area contributed by atoms with Gasteiger partial charge in [0.25, 0.3) is 0 Å². The van der Waals surface area contributed by atoms with Gasteiger partial charge < -0.3 is 30.1 Å². The lowest BCUT2D eigenvalue weighted by Gasteiger charge is -2.41. The third kappa shape index (κ3) is 6.97. The van der Waals surface area contributed by atoms with Crippen molar-refractivity contribution in [3.63, 3.8) is 0 Å². The number of fused-ring (bicyclic) bond motifs is 1. The Morgan fingerprint density at radius 3 is 2.52 bits per heavy atom. The van der Waals surface area contributed by atoms with Crippen LogP contribution in [0.25, 0.3) is 0 Å². The largest absolute Gasteiger partial charge is 0.459 e. The monoisotopic (exact) mass is 577 g/mol. The van der Waals surface area contributed by atoms with Crippen LogP contribution < -0.4 is 10.6 Å². The van der Waals surface area contributed by atoms with Crippen LogP contribution in [0.4, 0.5) is 15.3 Å². The van der Waals surface area contributed by atoms with E-state index >= 15 is 0 Å². The summed E-state index contributed by atoms with van der Waals surface area (Å²) in [5.41, 5.74) is 1.27. The lowest BCUT2D eigenvalue weighted by Crippen LogP contribution is -2.57. The minimum Gasteiger partial charge on any atom is -0.459 e. The Morgan fingerprint density at radius 1 is 1.05 bits per heavy atom. The zero-order valence-corrected chi connectivity index (χ0v) is 24.9. The first kappa shape index (κ1) is 29.7. The Morgan fingerprint density at radius 2 is 1.81 bits per heavy atom. The third-order valence-electron chi connectivity index (χ3n) is 8.55. The standard InChI is InChI=1S/C32H43N5O5/c1-32(2,3)42-28(38)21-37-27(22-10-5-4-6-11-22)15-9-14-26(29(37)39)34-30(40)35-18-16-24(17-19-35)36-20-23-12-7-8-13-25(23)33-31(36)41/h4-8,10,12-13,22,24,26-27H,9,11,14-21H2,1-3H3,(H,33,41)(H,34,40)/t22?,26-,27-/m1/s1. The molecule has 5 rings (SSSR count). The number of anilines is 1. The van der Waals surface area contributed by atoms with Crippen LogP contribution in [-0.2, 0) is 20.9 Å². The molecule has 1 aromatic carbocycles. The number of carbonyl (C=O) groups excluding carboxylic acids is 4. The van der Waals surface area contributed by atoms with Crippen molar-refractivity contribution in [3.8, 4) is 0 Å². The van der Waals surface area contributed by atoms with E-state index in [1.165, 1.54) is 0 Å². The summed E-state index contributed by atoms with van der Waals surface area (Å²) in [6.45, 7) is 6.82. The Hall–Kier alpha value is -3.82. The fourth-order valence-corrected chi connectivity index (χ4v) is 6.48. The molecule has 4 aliphatic rings. The zero-order chi connectivity index (χ0) is 29.9. The molecule has 226 valence electrons. The molecule has 2 N–H and O–H groups in total. The van der Waals surface area contributed by atoms with Gasteiger partial charge >= 0.3 is 18.0 Å². The Kier molecular flexibility index (Phi) is 8.89. The number of para-hydroxylation sites is 1. The third-order valence-corrected chi connectivity index (χ3v) is 8.55. The van der Waals surface area contributed by atoms with Gasteiger partial charge in [-0.3, -0.25) is 9.59 Å². The van der Waals surface area contributed by atoms with Crippen molar-refractivity contribution < 1.29 is 23.9 Å². The predicted octanol–water partition coefficient (Wildman–Crippen LogP) is 4.43. The number of urea groups is 2. The van der Waals surface area contributed by atoms with Gasteiger partial charge in [0.1, 0.15) is 18.2 Å². The molecule has 0 radical (unpaired) electrons. The van der Waals surface area contributed by atoms with Crippen LogP contribution in [0, 0.1) is 5.92 Å². The van der Waals surface area contributed by atoms with E-state index in [9.17, 15) is 19.2 Å². The van der Waals surface area contributed by atoms with Crippen LogP contribution in [0.2, 0.25) is 0 Å². The highest BCUT2D eigenvalue weighted by Gasteiger charge is 2.39. The van der Waals surface area contributed by atoms with Crippen molar-refractivity contribution >= 4 is 29.6 Å². The summed E-state index contributed by atoms with van der Waals surface area (Å²) in [5, 5.41) is 5.96. The van der Waals surface area contributed by atoms with Gasteiger partial charge in [-0.15, -0.1) is 0 Å². The van der Waals surface area contributed by atoms with E-state index in [1.807, 2.05) is 62.1 Å². The van der Waals surface area contributed by atoms with E-state index in [0.717, 1.165) is 30.5 Å². The number of likely N-dealkylation sites (tertiary alicyclic amines) is 2. The smallest absolute Gasteiger partial charge is 0.326 e. The SMILES string of the molecule is CC(C)(C)OC(=O)CN1C(=O)[C@H](NC(=O)N2CCC(N3Cc4ccccc4NC3=O)CC2)CCC[C@@H]1C1C=CC=CC1. The second-order valence-corrected chi connectivity index (χ2v) is 12.7. The molecule has 1 unspecified atom stereocenters. The maximum Gasteiger partial charge on any atom is 0.326 e. The van der Waals surface area contributed by atoms with Crippen LogP contribution in [0.1, 0.15) is 64.9 Å². The van der Waals surface area contributed by atoms with Crippen molar-refractivity contribution in [1.29, 1.82) is 0 Å². The molecule has 10 nitrogen and oxygen atoms in total. The highest BCUT2D eigenvalue weighted by atomic mass is 16.6. The number of piperidine rings is 1. The summed E-state index contributed by atoms with van der Waals surface area (Å²) >= 11 is 0. The average molecular weight is 578 g/mol. The molecule has 0 spiro atoms. The minimum absolute atomic E-state index is 0.0320. The van der Waals surface area contributed by atoms with Crippen molar-refractivity contribution in [2.45, 2.75) is 89.6 Å². The molecule has 1 aliphatic carbocycles. The number of hydrogen-bond donors (Lipinski definition) is 2. The minimum atomic E-state index is -0.713. The Bertz CT molecular complexity index is 1250. The van der Waals surface area contributed by atoms with E-state index in [1.54, 1.807) is 9.80 Å². The average Bonchev–Trinajstić information content (AvgIpc) is 3.10. The molecule has 2 saturated heterocycles. The number of rotatable bonds is 5. The Labute approximate surface area is 248 Å². The molecule has 5 amide bonds. The molecule has 1 aromatic rings. The maximum atomic E-state index is 13.9. The predicted molar refractivity (Wildman–Crippen MR) is 160 cm³/mol. The van der Waals surface area contributed by atoms with E-state index in [-0.39, 0.29) is 42.5 Å². The summed E-state index contributed by atoms with van der Waals surface area (Å²) in [5.74, 6) is -0.582. The van der Waals surface area contributed by atoms with Gasteiger partial charge in [0, 0.05) is 43.3 Å². The van der Waals surface area contributed by atoms with Gasteiger partial charge in [-0.25, -0.2) is 9.59 Å². The molecular weight excluding hydrogens is 534 g/mol. The highest BCUT2D eigenvalue weighted by Crippen LogP contribution is 2.30. The number of benzene rings is 1. The molecule has 3 aliphatic heterocycles. The van der Waals surface area contributed by atoms with E-state index in [2.05, 4.69) is 22.8 Å². The Balaban J connectivity index is 1.21. The second-order valence-electron chi connectivity index (χ2n) is 12.7. The molecule has 3 heterocycles. The van der Waals surface area contributed by atoms with Gasteiger partial charge in [-0.05, 0) is 70.9 Å². The number of esters is 1. The maximum absolute atomic E-state index is 13.9. The number of allylic oxidation sites excluding steroid dienone is 3. The van der Waals surface area contributed by atoms with E-state index in [0.29, 0.717) is 38.9 Å². The van der Waals surface area contributed by atoms with Gasteiger partial charge in [-0.1, -0.05) is 42.5 Å². The normalized spacial score (nSPS) is 25.0. The first-order chi connectivity index (χ1) is 20.1. The quantitative estimate of drug-likeness (QED) is 0.503. The molecule has 0 saturated carbocycles.